The summed E-state index contributed by atoms with van der Waals surface area (Å²) in [6.45, 7) is 6.16. The minimum Gasteiger partial charge on any atom is -0.396 e. The van der Waals surface area contributed by atoms with Crippen molar-refractivity contribution in [3.05, 3.63) is 10.4 Å². The van der Waals surface area contributed by atoms with E-state index in [9.17, 15) is 10.1 Å². The molecule has 19 heavy (non-hydrogen) atoms. The number of carbonyl (C=O) groups is 1. The number of primary amides is 1. The molecule has 2 unspecified atom stereocenters. The minimum atomic E-state index is -0.566. The molecule has 2 heterocycles. The highest BCUT2D eigenvalue weighted by Gasteiger charge is 2.28. The Labute approximate surface area is 116 Å². The van der Waals surface area contributed by atoms with Gasteiger partial charge in [0.15, 0.2) is 0 Å². The van der Waals surface area contributed by atoms with Gasteiger partial charge in [-0.2, -0.15) is 5.26 Å². The maximum absolute atomic E-state index is 11.3. The Kier molecular flexibility index (Phi) is 3.67. The van der Waals surface area contributed by atoms with E-state index in [1.54, 1.807) is 0 Å². The van der Waals surface area contributed by atoms with Gasteiger partial charge in [-0.25, -0.2) is 0 Å². The van der Waals surface area contributed by atoms with Gasteiger partial charge < -0.3 is 16.4 Å². The summed E-state index contributed by atoms with van der Waals surface area (Å²) >= 11 is 1.23. The summed E-state index contributed by atoms with van der Waals surface area (Å²) in [4.78, 5) is 13.8. The van der Waals surface area contributed by atoms with Crippen molar-refractivity contribution in [2.75, 3.05) is 23.7 Å². The van der Waals surface area contributed by atoms with Gasteiger partial charge in [-0.05, 0) is 18.3 Å². The maximum Gasteiger partial charge on any atom is 0.261 e. The number of hydrogen-bond acceptors (Lipinski definition) is 5. The van der Waals surface area contributed by atoms with Gasteiger partial charge in [0.25, 0.3) is 5.91 Å². The highest BCUT2D eigenvalue weighted by Crippen LogP contribution is 2.39. The molecule has 0 aromatic carbocycles. The molecular formula is C13H18N4OS. The smallest absolute Gasteiger partial charge is 0.261 e. The van der Waals surface area contributed by atoms with Gasteiger partial charge in [0.2, 0.25) is 0 Å². The Morgan fingerprint density at radius 1 is 1.42 bits per heavy atom. The third-order valence-electron chi connectivity index (χ3n) is 3.42. The number of nitrogen functional groups attached to an aromatic ring is 1. The third kappa shape index (κ3) is 2.51. The average Bonchev–Trinajstić information content (AvgIpc) is 2.65. The summed E-state index contributed by atoms with van der Waals surface area (Å²) in [6, 6.07) is 2.10. The third-order valence-corrected chi connectivity index (χ3v) is 4.70. The molecule has 1 aliphatic heterocycles. The topological polar surface area (TPSA) is 96.1 Å². The molecule has 0 saturated carbocycles. The molecule has 1 aromatic heterocycles. The van der Waals surface area contributed by atoms with Crippen LogP contribution in [0.2, 0.25) is 0 Å². The standard InChI is InChI=1S/C13H18N4OS/c1-7-3-8(2)6-17(5-7)13-9(4-14)10(15)11(19-13)12(16)18/h7-8H,3,5-6,15H2,1-2H3,(H2,16,18). The van der Waals surface area contributed by atoms with Crippen molar-refractivity contribution in [1.82, 2.24) is 0 Å². The normalized spacial score (nSPS) is 23.1. The van der Waals surface area contributed by atoms with Crippen LogP contribution in [0.1, 0.15) is 35.5 Å². The zero-order valence-corrected chi connectivity index (χ0v) is 12.0. The van der Waals surface area contributed by atoms with Crippen LogP contribution in [0.4, 0.5) is 10.7 Å². The number of hydrogen-bond donors (Lipinski definition) is 2. The molecule has 102 valence electrons. The van der Waals surface area contributed by atoms with Gasteiger partial charge in [-0.1, -0.05) is 13.8 Å². The molecule has 2 rings (SSSR count). The number of rotatable bonds is 2. The minimum absolute atomic E-state index is 0.223. The van der Waals surface area contributed by atoms with Gasteiger partial charge in [-0.15, -0.1) is 11.3 Å². The van der Waals surface area contributed by atoms with Crippen LogP contribution in [0.3, 0.4) is 0 Å². The molecule has 4 N–H and O–H groups in total. The van der Waals surface area contributed by atoms with Crippen molar-refractivity contribution in [3.8, 4) is 6.07 Å². The van der Waals surface area contributed by atoms with Crippen molar-refractivity contribution in [1.29, 1.82) is 5.26 Å². The first kappa shape index (κ1) is 13.7. The second-order valence-corrected chi connectivity index (χ2v) is 6.35. The van der Waals surface area contributed by atoms with E-state index in [1.165, 1.54) is 17.8 Å². The highest BCUT2D eigenvalue weighted by molar-refractivity contribution is 7.19. The van der Waals surface area contributed by atoms with E-state index in [1.807, 2.05) is 0 Å². The Balaban J connectivity index is 2.42. The first-order valence-electron chi connectivity index (χ1n) is 6.31. The Morgan fingerprint density at radius 3 is 2.47 bits per heavy atom. The number of anilines is 2. The number of carbonyl (C=O) groups excluding carboxylic acids is 1. The molecule has 0 aliphatic carbocycles. The molecular weight excluding hydrogens is 260 g/mol. The van der Waals surface area contributed by atoms with E-state index >= 15 is 0 Å². The summed E-state index contributed by atoms with van der Waals surface area (Å²) in [5.41, 5.74) is 11.8. The van der Waals surface area contributed by atoms with Crippen molar-refractivity contribution in [2.24, 2.45) is 17.6 Å². The van der Waals surface area contributed by atoms with Crippen molar-refractivity contribution >= 4 is 27.9 Å². The molecule has 0 spiro atoms. The van der Waals surface area contributed by atoms with Gasteiger partial charge in [0, 0.05) is 13.1 Å². The summed E-state index contributed by atoms with van der Waals surface area (Å²) in [5.74, 6) is 0.564. The van der Waals surface area contributed by atoms with Crippen LogP contribution in [0.15, 0.2) is 0 Å². The van der Waals surface area contributed by atoms with Gasteiger partial charge in [0.1, 0.15) is 21.5 Å². The fourth-order valence-electron chi connectivity index (χ4n) is 2.77. The molecule has 1 saturated heterocycles. The molecule has 1 amide bonds. The zero-order chi connectivity index (χ0) is 14.2. The predicted molar refractivity (Wildman–Crippen MR) is 77.1 cm³/mol. The molecule has 6 heteroatoms. The molecule has 1 fully saturated rings. The van der Waals surface area contributed by atoms with E-state index in [4.69, 9.17) is 11.5 Å². The second-order valence-electron chi connectivity index (χ2n) is 5.35. The lowest BCUT2D eigenvalue weighted by Gasteiger charge is -2.35. The fourth-order valence-corrected chi connectivity index (χ4v) is 3.82. The molecule has 0 bridgehead atoms. The van der Waals surface area contributed by atoms with E-state index < -0.39 is 5.91 Å². The van der Waals surface area contributed by atoms with Crippen LogP contribution in [0, 0.1) is 23.2 Å². The van der Waals surface area contributed by atoms with E-state index in [2.05, 4.69) is 24.8 Å². The summed E-state index contributed by atoms with van der Waals surface area (Å²) in [7, 11) is 0. The van der Waals surface area contributed by atoms with Gasteiger partial charge >= 0.3 is 0 Å². The lowest BCUT2D eigenvalue weighted by molar-refractivity contribution is 0.100. The number of nitrogens with zero attached hydrogens (tertiary/aromatic N) is 2. The zero-order valence-electron chi connectivity index (χ0n) is 11.1. The number of thiophene rings is 1. The Bertz CT molecular complexity index is 536. The van der Waals surface area contributed by atoms with Crippen LogP contribution in [0.25, 0.3) is 0 Å². The molecule has 1 aromatic rings. The number of nitrogens with two attached hydrogens (primary N) is 2. The van der Waals surface area contributed by atoms with Gasteiger partial charge in [-0.3, -0.25) is 4.79 Å². The van der Waals surface area contributed by atoms with Crippen LogP contribution in [0.5, 0.6) is 0 Å². The summed E-state index contributed by atoms with van der Waals surface area (Å²) in [5, 5.41) is 10.0. The largest absolute Gasteiger partial charge is 0.396 e. The maximum atomic E-state index is 11.3. The van der Waals surface area contributed by atoms with Crippen LogP contribution < -0.4 is 16.4 Å². The summed E-state index contributed by atoms with van der Waals surface area (Å²) < 4.78 is 0. The van der Waals surface area contributed by atoms with Crippen LogP contribution >= 0.6 is 11.3 Å². The quantitative estimate of drug-likeness (QED) is 0.861. The first-order chi connectivity index (χ1) is 8.93. The SMILES string of the molecule is CC1CC(C)CN(c2sc(C(N)=O)c(N)c2C#N)C1. The Hall–Kier alpha value is -1.74. The van der Waals surface area contributed by atoms with Crippen LogP contribution in [-0.4, -0.2) is 19.0 Å². The number of nitriles is 1. The molecule has 0 radical (unpaired) electrons. The molecule has 1 aliphatic rings. The van der Waals surface area contributed by atoms with Crippen molar-refractivity contribution in [3.63, 3.8) is 0 Å². The predicted octanol–water partition coefficient (Wildman–Crippen LogP) is 1.78. The van der Waals surface area contributed by atoms with E-state index in [-0.39, 0.29) is 10.6 Å². The van der Waals surface area contributed by atoms with Crippen molar-refractivity contribution < 1.29 is 4.79 Å². The van der Waals surface area contributed by atoms with E-state index in [0.717, 1.165) is 18.1 Å². The lowest BCUT2D eigenvalue weighted by atomic mass is 9.92. The average molecular weight is 278 g/mol. The lowest BCUT2D eigenvalue weighted by Crippen LogP contribution is -2.38. The number of piperidine rings is 1. The van der Waals surface area contributed by atoms with Crippen molar-refractivity contribution in [2.45, 2.75) is 20.3 Å². The second kappa shape index (κ2) is 5.10. The highest BCUT2D eigenvalue weighted by atomic mass is 32.1. The fraction of sp³-hybridized carbons (Fsp3) is 0.538. The Morgan fingerprint density at radius 2 is 2.00 bits per heavy atom. The number of amides is 1. The van der Waals surface area contributed by atoms with Crippen LogP contribution in [-0.2, 0) is 0 Å². The van der Waals surface area contributed by atoms with E-state index in [0.29, 0.717) is 17.4 Å². The molecule has 2 atom stereocenters. The van der Waals surface area contributed by atoms with Gasteiger partial charge in [0.05, 0.1) is 5.69 Å². The monoisotopic (exact) mass is 278 g/mol. The first-order valence-corrected chi connectivity index (χ1v) is 7.12. The molecule has 5 nitrogen and oxygen atoms in total. The summed E-state index contributed by atoms with van der Waals surface area (Å²) in [6.07, 6.45) is 1.18.